The van der Waals surface area contributed by atoms with Crippen molar-refractivity contribution in [1.82, 2.24) is 0 Å². The molecule has 33 heavy (non-hydrogen) atoms. The summed E-state index contributed by atoms with van der Waals surface area (Å²) in [5.74, 6) is 0. The first-order valence-electron chi connectivity index (χ1n) is 13.4. The molecular weight excluding hydrogens is 433 g/mol. The van der Waals surface area contributed by atoms with Crippen molar-refractivity contribution in [3.63, 3.8) is 0 Å². The molecule has 0 spiro atoms. The van der Waals surface area contributed by atoms with Gasteiger partial charge in [0, 0.05) is 0 Å². The number of hydrogen-bond acceptors (Lipinski definition) is 2. The van der Waals surface area contributed by atoms with E-state index in [-0.39, 0.29) is 13.0 Å². The van der Waals surface area contributed by atoms with Gasteiger partial charge in [0.05, 0.1) is 21.1 Å². The Hall–Kier alpha value is -0.450. The molecule has 0 aromatic rings. The summed E-state index contributed by atoms with van der Waals surface area (Å²) in [6.45, 7) is 2.29. The van der Waals surface area contributed by atoms with E-state index < -0.39 is 12.9 Å². The van der Waals surface area contributed by atoms with Gasteiger partial charge in [-0.25, -0.2) is 0 Å². The number of allylic oxidation sites excluding steroid dienone is 4. The average Bonchev–Trinajstić information content (AvgIpc) is 2.70. The zero-order valence-electron chi connectivity index (χ0n) is 22.2. The summed E-state index contributed by atoms with van der Waals surface area (Å²) in [7, 11) is 0.890. The molecule has 0 aromatic heterocycles. The number of likely N-dealkylation sites (N-methyl/N-ethyl adjacent to an activating group) is 1. The van der Waals surface area contributed by atoms with Gasteiger partial charge in [-0.1, -0.05) is 89.0 Å². The summed E-state index contributed by atoms with van der Waals surface area (Å²) < 4.78 is 12.1. The summed E-state index contributed by atoms with van der Waals surface area (Å²) in [5, 5.41) is 8.56. The molecule has 0 amide bonds. The Morgan fingerprint density at radius 3 is 1.39 bits per heavy atom. The second-order valence-corrected chi connectivity index (χ2v) is 12.6. The monoisotopic (exact) mass is 488 g/mol. The van der Waals surface area contributed by atoms with Crippen LogP contribution in [0.15, 0.2) is 24.3 Å². The van der Waals surface area contributed by atoms with Crippen LogP contribution in [0.5, 0.6) is 0 Å². The molecule has 0 rings (SSSR count). The van der Waals surface area contributed by atoms with Crippen LogP contribution < -0.4 is 0 Å². The van der Waals surface area contributed by atoms with Crippen molar-refractivity contribution in [2.75, 3.05) is 27.7 Å². The highest BCUT2D eigenvalue weighted by atomic mass is 31.2. The number of hydrogen-bond donors (Lipinski definition) is 3. The smallest absolute Gasteiger partial charge is 0.362 e. The van der Waals surface area contributed by atoms with Crippen molar-refractivity contribution < 1.29 is 23.9 Å². The van der Waals surface area contributed by atoms with E-state index >= 15 is 0 Å². The van der Waals surface area contributed by atoms with Crippen LogP contribution in [0.25, 0.3) is 0 Å². The summed E-state index contributed by atoms with van der Waals surface area (Å²) in [4.78, 5) is 19.2. The second kappa shape index (κ2) is 18.8. The van der Waals surface area contributed by atoms with Crippen LogP contribution in [0.3, 0.4) is 0 Å². The molecule has 0 saturated heterocycles. The van der Waals surface area contributed by atoms with E-state index in [1.807, 2.05) is 27.2 Å². The molecule has 5 nitrogen and oxygen atoms in total. The third-order valence-electron chi connectivity index (χ3n) is 6.03. The van der Waals surface area contributed by atoms with Crippen LogP contribution in [-0.4, -0.2) is 52.4 Å². The molecule has 1 unspecified atom stereocenters. The van der Waals surface area contributed by atoms with Crippen molar-refractivity contribution in [2.45, 2.75) is 121 Å². The molecule has 196 valence electrons. The van der Waals surface area contributed by atoms with Crippen molar-refractivity contribution in [3.05, 3.63) is 24.3 Å². The molecule has 0 aliphatic carbocycles. The summed E-state index contributed by atoms with van der Waals surface area (Å²) in [6, 6.07) is 0. The summed E-state index contributed by atoms with van der Waals surface area (Å²) in [6.07, 6.45) is 28.6. The predicted molar refractivity (Wildman–Crippen MR) is 142 cm³/mol. The third-order valence-corrected chi connectivity index (χ3v) is 7.48. The number of rotatable bonds is 22. The molecule has 0 heterocycles. The molecule has 0 radical (unpaired) electrons. The van der Waals surface area contributed by atoms with Gasteiger partial charge in [0.2, 0.25) is 5.34 Å². The Labute approximate surface area is 205 Å². The minimum absolute atomic E-state index is 0.0265. The minimum Gasteiger partial charge on any atom is -0.373 e. The quantitative estimate of drug-likeness (QED) is 0.0645. The van der Waals surface area contributed by atoms with Gasteiger partial charge in [0.1, 0.15) is 6.54 Å². The maximum absolute atomic E-state index is 11.8. The SMILES string of the molecule is CCCCCCCCCC/C=C\CCCCCC/C=C\CCC(O)(C[N+](C)(C)C)P(=O)(O)O. The summed E-state index contributed by atoms with van der Waals surface area (Å²) in [5.41, 5.74) is 0. The van der Waals surface area contributed by atoms with Crippen molar-refractivity contribution in [2.24, 2.45) is 0 Å². The highest BCUT2D eigenvalue weighted by Gasteiger charge is 2.48. The number of quaternary nitrogens is 1. The molecule has 1 atom stereocenters. The van der Waals surface area contributed by atoms with Gasteiger partial charge in [-0.15, -0.1) is 0 Å². The summed E-state index contributed by atoms with van der Waals surface area (Å²) >= 11 is 0. The van der Waals surface area contributed by atoms with E-state index in [4.69, 9.17) is 0 Å². The Balaban J connectivity index is 3.68. The van der Waals surface area contributed by atoms with Crippen LogP contribution in [-0.2, 0) is 4.57 Å². The Bertz CT molecular complexity index is 565. The zero-order chi connectivity index (χ0) is 25.1. The number of unbranched alkanes of at least 4 members (excludes halogenated alkanes) is 13. The molecule has 6 heteroatoms. The molecular formula is C27H55NO4P+. The van der Waals surface area contributed by atoms with E-state index in [0.29, 0.717) is 10.9 Å². The van der Waals surface area contributed by atoms with Crippen LogP contribution >= 0.6 is 7.60 Å². The molecule has 0 saturated carbocycles. The largest absolute Gasteiger partial charge is 0.373 e. The Morgan fingerprint density at radius 1 is 0.667 bits per heavy atom. The van der Waals surface area contributed by atoms with Crippen LogP contribution in [0, 0.1) is 0 Å². The lowest BCUT2D eigenvalue weighted by atomic mass is 10.1. The van der Waals surface area contributed by atoms with Gasteiger partial charge >= 0.3 is 7.60 Å². The topological polar surface area (TPSA) is 77.8 Å². The van der Waals surface area contributed by atoms with Gasteiger partial charge in [0.15, 0.2) is 0 Å². The minimum atomic E-state index is -4.58. The lowest BCUT2D eigenvalue weighted by Crippen LogP contribution is -2.49. The number of aliphatic hydroxyl groups is 1. The van der Waals surface area contributed by atoms with E-state index in [1.54, 1.807) is 0 Å². The van der Waals surface area contributed by atoms with E-state index in [9.17, 15) is 19.5 Å². The molecule has 3 N–H and O–H groups in total. The highest BCUT2D eigenvalue weighted by molar-refractivity contribution is 7.53. The molecule has 0 aromatic carbocycles. The average molecular weight is 489 g/mol. The zero-order valence-corrected chi connectivity index (χ0v) is 23.1. The van der Waals surface area contributed by atoms with E-state index in [2.05, 4.69) is 25.2 Å². The van der Waals surface area contributed by atoms with Crippen molar-refractivity contribution in [3.8, 4) is 0 Å². The second-order valence-electron chi connectivity index (χ2n) is 10.7. The van der Waals surface area contributed by atoms with Crippen molar-refractivity contribution in [1.29, 1.82) is 0 Å². The lowest BCUT2D eigenvalue weighted by molar-refractivity contribution is -0.875. The first-order valence-corrected chi connectivity index (χ1v) is 15.0. The maximum atomic E-state index is 11.8. The standard InChI is InChI=1S/C27H54NO4P/c1-5-6-7-8-9-10-11-12-13-14-15-16-17-18-19-20-21-22-23-24-25-27(29,33(30,31)32)26-28(2,3)4/h14-15,22-23,29H,5-13,16-21,24-26H2,1-4H3,(H-,30,31,32)/p+1/b15-14-,23-22-. The maximum Gasteiger partial charge on any atom is 0.362 e. The normalized spacial score (nSPS) is 15.0. The van der Waals surface area contributed by atoms with Crippen LogP contribution in [0.4, 0.5) is 0 Å². The first-order chi connectivity index (χ1) is 15.5. The van der Waals surface area contributed by atoms with Gasteiger partial charge in [0.25, 0.3) is 0 Å². The molecule has 0 bridgehead atoms. The fraction of sp³-hybridized carbons (Fsp3) is 0.852. The van der Waals surface area contributed by atoms with Gasteiger partial charge < -0.3 is 19.4 Å². The van der Waals surface area contributed by atoms with Gasteiger partial charge in [-0.2, -0.15) is 0 Å². The predicted octanol–water partition coefficient (Wildman–Crippen LogP) is 7.32. The fourth-order valence-electron chi connectivity index (χ4n) is 4.14. The van der Waals surface area contributed by atoms with Crippen LogP contribution in [0.2, 0.25) is 0 Å². The molecule has 0 aliphatic heterocycles. The number of nitrogens with zero attached hydrogens (tertiary/aromatic N) is 1. The molecule has 0 aliphatic rings. The third kappa shape index (κ3) is 19.5. The van der Waals surface area contributed by atoms with Crippen molar-refractivity contribution >= 4 is 7.60 Å². The van der Waals surface area contributed by atoms with Crippen LogP contribution in [0.1, 0.15) is 116 Å². The van der Waals surface area contributed by atoms with Gasteiger partial charge in [-0.05, 0) is 51.4 Å². The Morgan fingerprint density at radius 2 is 1.03 bits per heavy atom. The highest BCUT2D eigenvalue weighted by Crippen LogP contribution is 2.52. The van der Waals surface area contributed by atoms with E-state index in [1.165, 1.54) is 83.5 Å². The van der Waals surface area contributed by atoms with Gasteiger partial charge in [-0.3, -0.25) is 4.57 Å². The molecule has 0 fully saturated rings. The van der Waals surface area contributed by atoms with E-state index in [0.717, 1.165) is 12.8 Å². The lowest BCUT2D eigenvalue weighted by Gasteiger charge is -2.35. The fourth-order valence-corrected chi connectivity index (χ4v) is 5.17. The Kier molecular flexibility index (Phi) is 18.6. The first kappa shape index (κ1) is 32.5.